The van der Waals surface area contributed by atoms with Gasteiger partial charge in [0.2, 0.25) is 0 Å². The molecule has 0 unspecified atom stereocenters. The molecule has 0 aromatic heterocycles. The number of hydrogen-bond acceptors (Lipinski definition) is 2. The molecule has 1 aromatic rings. The monoisotopic (exact) mass is 182 g/mol. The highest BCUT2D eigenvalue weighted by atomic mass is 19.1. The first-order valence-corrected chi connectivity index (χ1v) is 3.50. The van der Waals surface area contributed by atoms with Gasteiger partial charge >= 0.3 is 5.97 Å². The molecule has 0 saturated heterocycles. The molecule has 0 radical (unpaired) electrons. The molecule has 0 aliphatic heterocycles. The number of halogens is 1. The summed E-state index contributed by atoms with van der Waals surface area (Å²) in [5, 5.41) is 17.2. The van der Waals surface area contributed by atoms with Crippen molar-refractivity contribution in [2.24, 2.45) is 0 Å². The maximum absolute atomic E-state index is 13.0. The van der Waals surface area contributed by atoms with Gasteiger partial charge in [0.15, 0.2) is 11.6 Å². The summed E-state index contributed by atoms with van der Waals surface area (Å²) in [6.45, 7) is 0. The Kier molecular flexibility index (Phi) is 2.64. The largest absolute Gasteiger partial charge is 0.505 e. The molecular formula is C9H7FO3. The third kappa shape index (κ3) is 2.30. The van der Waals surface area contributed by atoms with Crippen LogP contribution in [-0.2, 0) is 4.79 Å². The molecule has 2 N–H and O–H groups in total. The number of rotatable bonds is 2. The number of benzene rings is 1. The number of phenolic OH excluding ortho intramolecular Hbond substituents is 1. The van der Waals surface area contributed by atoms with Gasteiger partial charge in [-0.25, -0.2) is 9.18 Å². The van der Waals surface area contributed by atoms with Crippen LogP contribution in [0.5, 0.6) is 5.75 Å². The van der Waals surface area contributed by atoms with Crippen LogP contribution in [0.25, 0.3) is 6.08 Å². The van der Waals surface area contributed by atoms with Crippen molar-refractivity contribution in [2.45, 2.75) is 0 Å². The van der Waals surface area contributed by atoms with Crippen LogP contribution in [0.15, 0.2) is 24.3 Å². The Morgan fingerprint density at radius 2 is 2.15 bits per heavy atom. The minimum absolute atomic E-state index is 0.0439. The van der Waals surface area contributed by atoms with E-state index < -0.39 is 17.5 Å². The maximum Gasteiger partial charge on any atom is 0.328 e. The van der Waals surface area contributed by atoms with Gasteiger partial charge in [0.25, 0.3) is 0 Å². The summed E-state index contributed by atoms with van der Waals surface area (Å²) in [7, 11) is 0. The fraction of sp³-hybridized carbons (Fsp3) is 0. The fourth-order valence-corrected chi connectivity index (χ4v) is 0.827. The Hall–Kier alpha value is -1.84. The zero-order valence-electron chi connectivity index (χ0n) is 6.57. The first kappa shape index (κ1) is 9.25. The first-order chi connectivity index (χ1) is 6.11. The quantitative estimate of drug-likeness (QED) is 0.683. The normalized spacial score (nSPS) is 10.5. The van der Waals surface area contributed by atoms with Gasteiger partial charge in [-0.2, -0.15) is 0 Å². The van der Waals surface area contributed by atoms with Crippen LogP contribution < -0.4 is 0 Å². The lowest BCUT2D eigenvalue weighted by Gasteiger charge is -1.97. The van der Waals surface area contributed by atoms with Gasteiger partial charge in [-0.05, 0) is 12.1 Å². The van der Waals surface area contributed by atoms with E-state index in [1.165, 1.54) is 18.2 Å². The number of hydrogen-bond donors (Lipinski definition) is 2. The summed E-state index contributed by atoms with van der Waals surface area (Å²) in [4.78, 5) is 10.1. The first-order valence-electron chi connectivity index (χ1n) is 3.50. The molecule has 3 nitrogen and oxygen atoms in total. The number of carbonyl (C=O) groups is 1. The average molecular weight is 182 g/mol. The molecule has 68 valence electrons. The van der Waals surface area contributed by atoms with Crippen molar-refractivity contribution in [2.75, 3.05) is 0 Å². The zero-order chi connectivity index (χ0) is 9.84. The van der Waals surface area contributed by atoms with Gasteiger partial charge in [0.05, 0.1) is 0 Å². The van der Waals surface area contributed by atoms with E-state index in [0.717, 1.165) is 12.2 Å². The predicted molar refractivity (Wildman–Crippen MR) is 44.7 cm³/mol. The molecule has 4 heteroatoms. The zero-order valence-corrected chi connectivity index (χ0v) is 6.57. The van der Waals surface area contributed by atoms with Crippen LogP contribution in [-0.4, -0.2) is 16.2 Å². The molecule has 0 heterocycles. The van der Waals surface area contributed by atoms with Crippen molar-refractivity contribution in [1.29, 1.82) is 0 Å². The fourth-order valence-electron chi connectivity index (χ4n) is 0.827. The van der Waals surface area contributed by atoms with E-state index in [0.29, 0.717) is 0 Å². The van der Waals surface area contributed by atoms with E-state index in [-0.39, 0.29) is 5.56 Å². The molecule has 0 fully saturated rings. The topological polar surface area (TPSA) is 57.5 Å². The van der Waals surface area contributed by atoms with Crippen LogP contribution in [0.4, 0.5) is 4.39 Å². The molecular weight excluding hydrogens is 175 g/mol. The standard InChI is InChI=1S/C9H7FO3/c10-9-6(4-5-8(12)13)2-1-3-7(9)11/h1-5,11H,(H,12,13). The van der Waals surface area contributed by atoms with Crippen molar-refractivity contribution < 1.29 is 19.4 Å². The highest BCUT2D eigenvalue weighted by Gasteiger charge is 2.03. The number of aliphatic carboxylic acids is 1. The van der Waals surface area contributed by atoms with Crippen molar-refractivity contribution in [3.63, 3.8) is 0 Å². The van der Waals surface area contributed by atoms with Crippen LogP contribution in [0, 0.1) is 5.82 Å². The van der Waals surface area contributed by atoms with E-state index in [4.69, 9.17) is 10.2 Å². The van der Waals surface area contributed by atoms with Crippen LogP contribution in [0.1, 0.15) is 5.56 Å². The third-order valence-corrected chi connectivity index (χ3v) is 1.41. The van der Waals surface area contributed by atoms with E-state index in [1.54, 1.807) is 0 Å². The van der Waals surface area contributed by atoms with Gasteiger partial charge in [-0.15, -0.1) is 0 Å². The minimum atomic E-state index is -1.16. The lowest BCUT2D eigenvalue weighted by atomic mass is 10.2. The smallest absolute Gasteiger partial charge is 0.328 e. The van der Waals surface area contributed by atoms with E-state index in [2.05, 4.69) is 0 Å². The predicted octanol–water partition coefficient (Wildman–Crippen LogP) is 1.63. The molecule has 1 aromatic carbocycles. The molecule has 0 saturated carbocycles. The van der Waals surface area contributed by atoms with Crippen molar-refractivity contribution >= 4 is 12.0 Å². The molecule has 0 bridgehead atoms. The number of aromatic hydroxyl groups is 1. The van der Waals surface area contributed by atoms with Gasteiger partial charge in [0, 0.05) is 11.6 Å². The minimum Gasteiger partial charge on any atom is -0.505 e. The summed E-state index contributed by atoms with van der Waals surface area (Å²) in [5.74, 6) is -2.48. The second-order valence-corrected chi connectivity index (χ2v) is 2.35. The number of carboxylic acids is 1. The molecule has 1 rings (SSSR count). The second kappa shape index (κ2) is 3.71. The molecule has 0 spiro atoms. The van der Waals surface area contributed by atoms with Crippen LogP contribution >= 0.6 is 0 Å². The van der Waals surface area contributed by atoms with Crippen LogP contribution in [0.2, 0.25) is 0 Å². The SMILES string of the molecule is O=C(O)C=Cc1cccc(O)c1F. The Morgan fingerprint density at radius 1 is 1.46 bits per heavy atom. The summed E-state index contributed by atoms with van der Waals surface area (Å²) in [6.07, 6.45) is 1.88. The molecule has 0 amide bonds. The Bertz CT molecular complexity index is 358. The van der Waals surface area contributed by atoms with E-state index >= 15 is 0 Å². The van der Waals surface area contributed by atoms with Crippen LogP contribution in [0.3, 0.4) is 0 Å². The van der Waals surface area contributed by atoms with Crippen molar-refractivity contribution in [1.82, 2.24) is 0 Å². The van der Waals surface area contributed by atoms with Gasteiger partial charge < -0.3 is 10.2 Å². The third-order valence-electron chi connectivity index (χ3n) is 1.41. The highest BCUT2D eigenvalue weighted by molar-refractivity contribution is 5.85. The van der Waals surface area contributed by atoms with Gasteiger partial charge in [-0.3, -0.25) is 0 Å². The highest BCUT2D eigenvalue weighted by Crippen LogP contribution is 2.19. The van der Waals surface area contributed by atoms with Gasteiger partial charge in [-0.1, -0.05) is 12.1 Å². The molecule has 0 aliphatic rings. The van der Waals surface area contributed by atoms with Crippen molar-refractivity contribution in [3.05, 3.63) is 35.7 Å². The Morgan fingerprint density at radius 3 is 2.77 bits per heavy atom. The maximum atomic E-state index is 13.0. The summed E-state index contributed by atoms with van der Waals surface area (Å²) >= 11 is 0. The number of phenols is 1. The molecule has 0 aliphatic carbocycles. The van der Waals surface area contributed by atoms with E-state index in [9.17, 15) is 9.18 Å². The Labute approximate surface area is 73.8 Å². The lowest BCUT2D eigenvalue weighted by molar-refractivity contribution is -0.131. The van der Waals surface area contributed by atoms with Crippen molar-refractivity contribution in [3.8, 4) is 5.75 Å². The molecule has 13 heavy (non-hydrogen) atoms. The second-order valence-electron chi connectivity index (χ2n) is 2.35. The summed E-state index contributed by atoms with van der Waals surface area (Å²) < 4.78 is 13.0. The van der Waals surface area contributed by atoms with E-state index in [1.807, 2.05) is 0 Å². The summed E-state index contributed by atoms with van der Waals surface area (Å²) in [6, 6.07) is 3.99. The molecule has 0 atom stereocenters. The van der Waals surface area contributed by atoms with Gasteiger partial charge in [0.1, 0.15) is 0 Å². The lowest BCUT2D eigenvalue weighted by Crippen LogP contribution is -1.87. The Balaban J connectivity index is 3.02. The number of carboxylic acid groups (broad SMARTS) is 1. The average Bonchev–Trinajstić information content (AvgIpc) is 2.07. The summed E-state index contributed by atoms with van der Waals surface area (Å²) in [5.41, 5.74) is 0.0439.